The number of aromatic amines is 2. The number of carboxylic acids is 1. The number of carboxylic acid groups (broad SMARTS) is 1. The molecule has 0 unspecified atom stereocenters. The van der Waals surface area contributed by atoms with Gasteiger partial charge in [0.25, 0.3) is 0 Å². The first-order valence-corrected chi connectivity index (χ1v) is 30.9. The second-order valence-corrected chi connectivity index (χ2v) is 23.4. The van der Waals surface area contributed by atoms with Gasteiger partial charge < -0.3 is 90.3 Å². The molecule has 0 aliphatic carbocycles. The Kier molecular flexibility index (Phi) is 30.5. The van der Waals surface area contributed by atoms with E-state index in [1.165, 1.54) is 24.3 Å². The number of hydrogen-bond donors (Lipinski definition) is 18. The van der Waals surface area contributed by atoms with Crippen LogP contribution in [0.15, 0.2) is 43.0 Å². The molecule has 1 aliphatic rings. The van der Waals surface area contributed by atoms with Gasteiger partial charge in [-0.2, -0.15) is 25.3 Å². The molecule has 10 atom stereocenters. The highest BCUT2D eigenvalue weighted by Gasteiger charge is 2.41. The number of likely N-dealkylation sites (tertiary alicyclic amines) is 1. The monoisotopic (exact) mass is 1300 g/mol. The molecule has 3 aromatic rings. The lowest BCUT2D eigenvalue weighted by molar-refractivity contribution is -0.143. The van der Waals surface area contributed by atoms with Crippen LogP contribution in [0.3, 0.4) is 0 Å². The molecule has 19 N–H and O–H groups in total. The first-order chi connectivity index (χ1) is 42.7. The number of imidazole rings is 1. The molecule has 3 heterocycles. The summed E-state index contributed by atoms with van der Waals surface area (Å²) in [6.45, 7) is 7.49. The molecule has 31 nitrogen and oxygen atoms in total. The van der Waals surface area contributed by atoms with Crippen LogP contribution in [-0.2, 0) is 75.2 Å². The minimum absolute atomic E-state index is 0.0513. The largest absolute Gasteiger partial charge is 0.480 e. The highest BCUT2D eigenvalue weighted by atomic mass is 32.1. The van der Waals surface area contributed by atoms with Crippen LogP contribution in [0.25, 0.3) is 10.9 Å². The third-order valence-electron chi connectivity index (χ3n) is 14.5. The molecular weight excluding hydrogens is 1210 g/mol. The van der Waals surface area contributed by atoms with Crippen molar-refractivity contribution >= 4 is 113 Å². The van der Waals surface area contributed by atoms with E-state index in [0.717, 1.165) is 10.9 Å². The highest BCUT2D eigenvalue weighted by molar-refractivity contribution is 7.80. The molecule has 1 fully saturated rings. The van der Waals surface area contributed by atoms with Crippen LogP contribution in [0.4, 0.5) is 0 Å². The Labute approximate surface area is 531 Å². The lowest BCUT2D eigenvalue weighted by Crippen LogP contribution is -2.61. The fourth-order valence-corrected chi connectivity index (χ4v) is 10.1. The van der Waals surface area contributed by atoms with Crippen LogP contribution >= 0.6 is 25.3 Å². The molecule has 1 aromatic carbocycles. The molecule has 1 aliphatic heterocycles. The van der Waals surface area contributed by atoms with E-state index in [-0.39, 0.29) is 62.5 Å². The second kappa shape index (κ2) is 37.0. The second-order valence-electron chi connectivity index (χ2n) is 22.6. The van der Waals surface area contributed by atoms with Gasteiger partial charge in [0.1, 0.15) is 54.4 Å². The predicted octanol–water partition coefficient (Wildman–Crippen LogP) is -3.83. The molecule has 1 saturated heterocycles. The topological polar surface area (TPSA) is 488 Å². The van der Waals surface area contributed by atoms with Crippen molar-refractivity contribution in [3.05, 3.63) is 54.2 Å². The molecule has 0 spiro atoms. The molecule has 33 heteroatoms. The van der Waals surface area contributed by atoms with Gasteiger partial charge in [-0.3, -0.25) is 57.5 Å². The van der Waals surface area contributed by atoms with Crippen molar-refractivity contribution in [1.82, 2.24) is 73.0 Å². The third kappa shape index (κ3) is 23.6. The molecule has 4 rings (SSSR count). The summed E-state index contributed by atoms with van der Waals surface area (Å²) in [5, 5.41) is 35.5. The van der Waals surface area contributed by atoms with Gasteiger partial charge in [0.15, 0.2) is 0 Å². The molecule has 496 valence electrons. The number of amides is 12. The summed E-state index contributed by atoms with van der Waals surface area (Å²) in [5.74, 6) is -12.2. The smallest absolute Gasteiger partial charge is 0.326 e. The molecule has 0 radical (unpaired) electrons. The predicted molar refractivity (Wildman–Crippen MR) is 335 cm³/mol. The summed E-state index contributed by atoms with van der Waals surface area (Å²) in [6, 6.07) is -5.57. The fraction of sp³-hybridized carbons (Fsp3) is 0.579. The van der Waals surface area contributed by atoms with E-state index in [2.05, 4.69) is 93.4 Å². The zero-order valence-electron chi connectivity index (χ0n) is 51.1. The molecule has 0 bridgehead atoms. The number of benzene rings is 1. The number of aliphatic carboxylic acids is 1. The van der Waals surface area contributed by atoms with E-state index in [0.29, 0.717) is 37.1 Å². The van der Waals surface area contributed by atoms with E-state index < -0.39 is 163 Å². The SMILES string of the molecule is CC(C)C[C@H](NC(=O)[C@H](C)N)C(=O)N[C@@H](CS)C(=O)N[C@@H](Cc1c[nH]c2ccccc12)C(=O)N[C@@H](Cc1c[nH]cn1)C(=O)N[C@H](C(=O)N1CCC[C@H]1C(=O)N[C@@H](CS)C(=O)N[C@@H](CCC(N)=O)C(=O)NCC(=O)NCC(=O)N[C@@H](CCCCN)C(=O)O)C(C)C. The third-order valence-corrected chi connectivity index (χ3v) is 15.3. The Morgan fingerprint density at radius 2 is 1.26 bits per heavy atom. The molecule has 90 heavy (non-hydrogen) atoms. The summed E-state index contributed by atoms with van der Waals surface area (Å²) in [7, 11) is 0. The number of fused-ring (bicyclic) bond motifs is 1. The van der Waals surface area contributed by atoms with Crippen LogP contribution in [-0.4, -0.2) is 200 Å². The Morgan fingerprint density at radius 3 is 1.86 bits per heavy atom. The average molecular weight is 1300 g/mol. The van der Waals surface area contributed by atoms with Gasteiger partial charge in [-0.25, -0.2) is 9.78 Å². The maximum absolute atomic E-state index is 14.7. The summed E-state index contributed by atoms with van der Waals surface area (Å²) < 4.78 is 0. The van der Waals surface area contributed by atoms with Crippen LogP contribution in [0.1, 0.15) is 97.2 Å². The Hall–Kier alpha value is -8.30. The highest BCUT2D eigenvalue weighted by Crippen LogP contribution is 2.23. The number of nitrogens with zero attached hydrogens (tertiary/aromatic N) is 2. The van der Waals surface area contributed by atoms with Gasteiger partial charge in [0.05, 0.1) is 31.2 Å². The van der Waals surface area contributed by atoms with E-state index in [9.17, 15) is 67.4 Å². The number of rotatable bonds is 38. The quantitative estimate of drug-likeness (QED) is 0.0193. The Bertz CT molecular complexity index is 2980. The number of carbonyl (C=O) groups excluding carboxylic acids is 12. The van der Waals surface area contributed by atoms with Crippen LogP contribution in [0.5, 0.6) is 0 Å². The molecule has 2 aromatic heterocycles. The lowest BCUT2D eigenvalue weighted by atomic mass is 10.00. The average Bonchev–Trinajstić information content (AvgIpc) is 1.77. The van der Waals surface area contributed by atoms with Gasteiger partial charge in [-0.15, -0.1) is 0 Å². The van der Waals surface area contributed by atoms with Crippen molar-refractivity contribution in [3.8, 4) is 0 Å². The maximum Gasteiger partial charge on any atom is 0.326 e. The number of nitrogens with two attached hydrogens (primary N) is 3. The van der Waals surface area contributed by atoms with Gasteiger partial charge in [0, 0.05) is 60.6 Å². The maximum atomic E-state index is 14.7. The number of H-pyrrole nitrogens is 2. The zero-order valence-corrected chi connectivity index (χ0v) is 52.8. The number of primary amides is 1. The van der Waals surface area contributed by atoms with Crippen molar-refractivity contribution in [3.63, 3.8) is 0 Å². The molecule has 0 saturated carbocycles. The van der Waals surface area contributed by atoms with Crippen LogP contribution in [0, 0.1) is 11.8 Å². The van der Waals surface area contributed by atoms with Gasteiger partial charge in [0.2, 0.25) is 70.9 Å². The zero-order chi connectivity index (χ0) is 66.8. The van der Waals surface area contributed by atoms with Gasteiger partial charge in [-0.05, 0) is 81.9 Å². The summed E-state index contributed by atoms with van der Waals surface area (Å²) >= 11 is 8.59. The van der Waals surface area contributed by atoms with Gasteiger partial charge in [-0.1, -0.05) is 45.9 Å². The van der Waals surface area contributed by atoms with Gasteiger partial charge >= 0.3 is 5.97 Å². The van der Waals surface area contributed by atoms with E-state index in [1.54, 1.807) is 26.1 Å². The number of aromatic nitrogens is 3. The first-order valence-electron chi connectivity index (χ1n) is 29.7. The van der Waals surface area contributed by atoms with Crippen LogP contribution < -0.4 is 70.4 Å². The molecular formula is C57H87N17O14S2. The summed E-state index contributed by atoms with van der Waals surface area (Å²) in [5.41, 5.74) is 18.2. The summed E-state index contributed by atoms with van der Waals surface area (Å²) in [6.07, 6.45) is 5.17. The number of nitrogens with one attached hydrogen (secondary N) is 12. The Balaban J connectivity index is 1.50. The van der Waals surface area contributed by atoms with Crippen molar-refractivity contribution in [2.45, 2.75) is 159 Å². The number of hydrogen-bond acceptors (Lipinski definition) is 18. The van der Waals surface area contributed by atoms with Crippen molar-refractivity contribution in [1.29, 1.82) is 0 Å². The van der Waals surface area contributed by atoms with E-state index in [4.69, 9.17) is 17.2 Å². The normalized spacial score (nSPS) is 15.9. The van der Waals surface area contributed by atoms with Crippen molar-refractivity contribution in [2.75, 3.05) is 37.7 Å². The van der Waals surface area contributed by atoms with Crippen LogP contribution in [0.2, 0.25) is 0 Å². The first kappa shape index (κ1) is 74.2. The van der Waals surface area contributed by atoms with E-state index >= 15 is 0 Å². The van der Waals surface area contributed by atoms with Crippen molar-refractivity contribution < 1.29 is 67.4 Å². The Morgan fingerprint density at radius 1 is 0.667 bits per heavy atom. The van der Waals surface area contributed by atoms with Crippen molar-refractivity contribution in [2.24, 2.45) is 29.0 Å². The summed E-state index contributed by atoms with van der Waals surface area (Å²) in [4.78, 5) is 186. The number of unbranched alkanes of at least 4 members (excludes halogenated alkanes) is 1. The lowest BCUT2D eigenvalue weighted by Gasteiger charge is -2.32. The minimum Gasteiger partial charge on any atom is -0.480 e. The molecule has 12 amide bonds. The standard InChI is InChI=1S/C57H87N17O14S2/c1-29(2)19-38(68-48(78)31(5)59)50(80)71-41(26-89)54(84)69-39(20-32-22-62-35-12-7-6-11-34(32)35)51(81)70-40(21-33-23-61-28-65-33)52(82)73-47(30(3)4)56(86)74-18-10-14-43(74)55(85)72-42(27-90)53(83)67-36(15-16-44(60)75)49(79)64-24-45(76)63-25-46(77)66-37(57(87)88)13-8-9-17-58/h6-7,11-12,22-23,28-31,36-43,47,62,89-90H,8-10,13-21,24-27,58-59H2,1-5H3,(H2,60,75)(H,61,65)(H,63,76)(H,64,79)(H,66,77)(H,67,83)(H,68,78)(H,69,84)(H,70,81)(H,71,80)(H,72,85)(H,73,82)(H,87,88)/t31-,36-,37-,38-,39-,40-,41-,42-,43-,47-/m0/s1. The number of thiol groups is 2. The number of para-hydroxylation sites is 1. The van der Waals surface area contributed by atoms with E-state index in [1.807, 2.05) is 32.0 Å². The minimum atomic E-state index is -1.49. The fourth-order valence-electron chi connectivity index (χ4n) is 9.63. The number of carbonyl (C=O) groups is 13.